The van der Waals surface area contributed by atoms with Gasteiger partial charge in [0.05, 0.1) is 0 Å². The number of hydrogen-bond donors (Lipinski definition) is 0. The molecule has 0 atom stereocenters. The Morgan fingerprint density at radius 3 is 1.17 bits per heavy atom. The Morgan fingerprint density at radius 2 is 1.17 bits per heavy atom. The van der Waals surface area contributed by atoms with Gasteiger partial charge in [0, 0.05) is 8.41 Å². The molecule has 0 aromatic heterocycles. The minimum atomic E-state index is 0. The van der Waals surface area contributed by atoms with Crippen molar-refractivity contribution in [2.45, 2.75) is 0 Å². The van der Waals surface area contributed by atoms with Crippen molar-refractivity contribution in [3.63, 3.8) is 0 Å². The maximum absolute atomic E-state index is 8.12. The van der Waals surface area contributed by atoms with E-state index in [4.69, 9.17) is 9.59 Å². The summed E-state index contributed by atoms with van der Waals surface area (Å²) in [4.78, 5) is 16.2. The van der Waals surface area contributed by atoms with Gasteiger partial charge in [-0.05, 0) is 0 Å². The van der Waals surface area contributed by atoms with Crippen LogP contribution in [0.25, 0.3) is 0 Å². The molecule has 6 heavy (non-hydrogen) atoms. The van der Waals surface area contributed by atoms with Crippen LogP contribution in [0.15, 0.2) is 0 Å². The van der Waals surface area contributed by atoms with Crippen molar-refractivity contribution in [1.82, 2.24) is 0 Å². The van der Waals surface area contributed by atoms with Gasteiger partial charge in [-0.25, -0.2) is 0 Å². The predicted molar refractivity (Wildman–Crippen MR) is 22.3 cm³/mol. The van der Waals surface area contributed by atoms with E-state index in [1.165, 1.54) is 43.6 Å². The van der Waals surface area contributed by atoms with Gasteiger partial charge >= 0.3 is 49.8 Å². The summed E-state index contributed by atoms with van der Waals surface area (Å²) in [6, 6.07) is 0. The fraction of sp³-hybridized carbons (Fsp3) is 0. The molecule has 0 aliphatic rings. The van der Waals surface area contributed by atoms with Crippen LogP contribution in [0.1, 0.15) is 0 Å². The SMILES string of the molecule is O=C=O.[B].[Na][Na]. The first-order valence-electron chi connectivity index (χ1n) is 1.41. The van der Waals surface area contributed by atoms with Crippen LogP contribution >= 0.6 is 0 Å². The predicted octanol–water partition coefficient (Wildman–Crippen LogP) is -1.73. The van der Waals surface area contributed by atoms with Gasteiger partial charge < -0.3 is 0 Å². The molecule has 0 aromatic rings. The summed E-state index contributed by atoms with van der Waals surface area (Å²) in [5.74, 6) is 0. The Morgan fingerprint density at radius 1 is 1.17 bits per heavy atom. The molecule has 0 spiro atoms. The second-order valence-electron chi connectivity index (χ2n) is 0.0833. The standard InChI is InChI=1S/CO2.B.2Na/c2-1-3;;;. The monoisotopic (exact) mass is 101 g/mol. The number of rotatable bonds is 0. The average molecular weight is 101 g/mol. The van der Waals surface area contributed by atoms with Crippen molar-refractivity contribution < 1.29 is 9.59 Å². The molecule has 0 N–H and O–H groups in total. The Balaban J connectivity index is -0.0000000275. The van der Waals surface area contributed by atoms with E-state index in [1.807, 2.05) is 0 Å². The zero-order valence-electron chi connectivity index (χ0n) is 3.89. The van der Waals surface area contributed by atoms with E-state index >= 15 is 0 Å². The van der Waals surface area contributed by atoms with Crippen molar-refractivity contribution in [2.75, 3.05) is 0 Å². The summed E-state index contributed by atoms with van der Waals surface area (Å²) in [6.07, 6.45) is 0.250. The molecular formula is CBNa2O2. The van der Waals surface area contributed by atoms with E-state index < -0.39 is 0 Å². The van der Waals surface area contributed by atoms with Crippen molar-refractivity contribution in [3.8, 4) is 0 Å². The maximum atomic E-state index is 8.12. The van der Waals surface area contributed by atoms with E-state index in [1.54, 1.807) is 0 Å². The van der Waals surface area contributed by atoms with Crippen molar-refractivity contribution in [1.29, 1.82) is 0 Å². The second kappa shape index (κ2) is 32.0. The molecule has 0 aromatic carbocycles. The van der Waals surface area contributed by atoms with Crippen LogP contribution in [0.5, 0.6) is 0 Å². The molecule has 0 aliphatic heterocycles. The summed E-state index contributed by atoms with van der Waals surface area (Å²) in [5, 5.41) is 0. The molecule has 0 fully saturated rings. The molecule has 0 saturated heterocycles. The van der Waals surface area contributed by atoms with Crippen LogP contribution < -0.4 is 0 Å². The van der Waals surface area contributed by atoms with E-state index in [9.17, 15) is 0 Å². The van der Waals surface area contributed by atoms with Crippen LogP contribution in [0.2, 0.25) is 0 Å². The molecule has 0 rings (SSSR count). The van der Waals surface area contributed by atoms with Gasteiger partial charge in [0.15, 0.2) is 0 Å². The summed E-state index contributed by atoms with van der Waals surface area (Å²) >= 11 is 2.89. The molecule has 21 valence electrons. The zero-order chi connectivity index (χ0) is 4.71. The van der Waals surface area contributed by atoms with Gasteiger partial charge in [-0.2, -0.15) is 9.59 Å². The molecule has 0 saturated carbocycles. The van der Waals surface area contributed by atoms with Gasteiger partial charge in [-0.3, -0.25) is 0 Å². The first kappa shape index (κ1) is 15.7. The molecule has 0 heterocycles. The number of carbonyl (C=O) groups excluding carboxylic acids is 2. The fourth-order valence-corrected chi connectivity index (χ4v) is 0. The Labute approximate surface area is 66.7 Å². The van der Waals surface area contributed by atoms with Crippen LogP contribution in [0, 0.1) is 0 Å². The van der Waals surface area contributed by atoms with Gasteiger partial charge in [-0.1, -0.05) is 0 Å². The van der Waals surface area contributed by atoms with Crippen molar-refractivity contribution in [3.05, 3.63) is 0 Å². The molecular weight excluding hydrogens is 101 g/mol. The summed E-state index contributed by atoms with van der Waals surface area (Å²) in [7, 11) is 0. The molecule has 5 heteroatoms. The van der Waals surface area contributed by atoms with Crippen molar-refractivity contribution in [2.24, 2.45) is 0 Å². The molecule has 3 radical (unpaired) electrons. The zero-order valence-corrected chi connectivity index (χ0v) is 7.89. The minimum absolute atomic E-state index is 0. The van der Waals surface area contributed by atoms with Gasteiger partial charge in [0.2, 0.25) is 0 Å². The first-order chi connectivity index (χ1) is 2.41. The third-order valence-corrected chi connectivity index (χ3v) is 0. The molecule has 2 nitrogen and oxygen atoms in total. The van der Waals surface area contributed by atoms with Crippen LogP contribution in [-0.2, 0) is 9.59 Å². The molecule has 0 amide bonds. The first-order valence-corrected chi connectivity index (χ1v) is 9.41. The summed E-state index contributed by atoms with van der Waals surface area (Å²) in [6.45, 7) is 0. The van der Waals surface area contributed by atoms with E-state index in [-0.39, 0.29) is 14.6 Å². The van der Waals surface area contributed by atoms with E-state index in [0.717, 1.165) is 0 Å². The quantitative estimate of drug-likeness (QED) is 0.340. The van der Waals surface area contributed by atoms with Crippen LogP contribution in [0.4, 0.5) is 0 Å². The second-order valence-corrected chi connectivity index (χ2v) is 0.0833. The third-order valence-electron chi connectivity index (χ3n) is 0. The van der Waals surface area contributed by atoms with Crippen LogP contribution in [0.3, 0.4) is 0 Å². The van der Waals surface area contributed by atoms with Gasteiger partial charge in [-0.15, -0.1) is 0 Å². The van der Waals surface area contributed by atoms with E-state index in [2.05, 4.69) is 0 Å². The molecule has 0 unspecified atom stereocenters. The normalized spacial score (nSPS) is 2.67. The van der Waals surface area contributed by atoms with Gasteiger partial charge in [0.1, 0.15) is 0 Å². The van der Waals surface area contributed by atoms with Gasteiger partial charge in [0.25, 0.3) is 0 Å². The Hall–Kier alpha value is 1.44. The Kier molecular flexibility index (Phi) is 83.4. The third kappa shape index (κ3) is 51.5. The summed E-state index contributed by atoms with van der Waals surface area (Å²) < 4.78 is 0. The Bertz CT molecular complexity index is 32.5. The fourth-order valence-electron chi connectivity index (χ4n) is 0. The average Bonchev–Trinajstić information content (AvgIpc) is 1.46. The summed E-state index contributed by atoms with van der Waals surface area (Å²) in [5.41, 5.74) is 0. The molecule has 0 aliphatic carbocycles. The van der Waals surface area contributed by atoms with Crippen molar-refractivity contribution >= 4 is 58.2 Å². The van der Waals surface area contributed by atoms with Crippen LogP contribution in [-0.4, -0.2) is 58.2 Å². The molecule has 0 bridgehead atoms. The van der Waals surface area contributed by atoms with E-state index in [0.29, 0.717) is 0 Å². The topological polar surface area (TPSA) is 34.1 Å². The number of hydrogen-bond acceptors (Lipinski definition) is 2.